The first-order valence-electron chi connectivity index (χ1n) is 3.79. The number of aryl methyl sites for hydroxylation is 2. The number of nitrogens with two attached hydrogens (primary N) is 1. The molecule has 11 heavy (non-hydrogen) atoms. The fraction of sp³-hybridized carbons (Fsp3) is 0.500. The number of rotatable bonds is 2. The van der Waals surface area contributed by atoms with Crippen LogP contribution in [0.5, 0.6) is 0 Å². The molecule has 0 atom stereocenters. The van der Waals surface area contributed by atoms with Crippen LogP contribution < -0.4 is 5.73 Å². The Morgan fingerprint density at radius 1 is 1.55 bits per heavy atom. The van der Waals surface area contributed by atoms with Gasteiger partial charge in [0.25, 0.3) is 0 Å². The predicted molar refractivity (Wildman–Crippen MR) is 44.0 cm³/mol. The van der Waals surface area contributed by atoms with Gasteiger partial charge in [-0.15, -0.1) is 0 Å². The second-order valence-corrected chi connectivity index (χ2v) is 2.45. The van der Waals surface area contributed by atoms with Crippen LogP contribution in [0.1, 0.15) is 24.0 Å². The molecular weight excluding hydrogens is 138 g/mol. The Morgan fingerprint density at radius 2 is 2.27 bits per heavy atom. The molecule has 1 heterocycles. The lowest BCUT2D eigenvalue weighted by atomic mass is 10.2. The molecular formula is C8H13N3. The van der Waals surface area contributed by atoms with Gasteiger partial charge < -0.3 is 5.73 Å². The Balaban J connectivity index is 3.06. The van der Waals surface area contributed by atoms with Gasteiger partial charge in [-0.25, -0.2) is 9.97 Å². The fourth-order valence-electron chi connectivity index (χ4n) is 1.02. The lowest BCUT2D eigenvalue weighted by Crippen LogP contribution is -2.05. The average molecular weight is 151 g/mol. The zero-order valence-electron chi connectivity index (χ0n) is 6.96. The standard InChI is InChI=1S/C8H13N3/c1-3-8-7(4-9)5-10-6(2)11-8/h5H,3-4,9H2,1-2H3. The van der Waals surface area contributed by atoms with E-state index in [1.165, 1.54) is 0 Å². The van der Waals surface area contributed by atoms with Gasteiger partial charge >= 0.3 is 0 Å². The van der Waals surface area contributed by atoms with Crippen molar-refractivity contribution >= 4 is 0 Å². The van der Waals surface area contributed by atoms with Crippen LogP contribution in [-0.2, 0) is 13.0 Å². The Kier molecular flexibility index (Phi) is 2.54. The highest BCUT2D eigenvalue weighted by Gasteiger charge is 2.00. The van der Waals surface area contributed by atoms with Crippen molar-refractivity contribution in [2.45, 2.75) is 26.8 Å². The maximum atomic E-state index is 5.50. The molecule has 0 aliphatic heterocycles. The first-order chi connectivity index (χ1) is 5.27. The Hall–Kier alpha value is -0.960. The zero-order valence-corrected chi connectivity index (χ0v) is 6.96. The summed E-state index contributed by atoms with van der Waals surface area (Å²) >= 11 is 0. The summed E-state index contributed by atoms with van der Waals surface area (Å²) in [6.07, 6.45) is 2.73. The summed E-state index contributed by atoms with van der Waals surface area (Å²) in [7, 11) is 0. The van der Waals surface area contributed by atoms with Crippen molar-refractivity contribution in [1.29, 1.82) is 0 Å². The monoisotopic (exact) mass is 151 g/mol. The van der Waals surface area contributed by atoms with Gasteiger partial charge in [0.1, 0.15) is 5.82 Å². The molecule has 3 heteroatoms. The second kappa shape index (κ2) is 3.44. The second-order valence-electron chi connectivity index (χ2n) is 2.45. The molecule has 0 fully saturated rings. The van der Waals surface area contributed by atoms with Gasteiger partial charge in [-0.3, -0.25) is 0 Å². The van der Waals surface area contributed by atoms with Crippen LogP contribution in [0.25, 0.3) is 0 Å². The van der Waals surface area contributed by atoms with Gasteiger partial charge in [0.05, 0.1) is 0 Å². The van der Waals surface area contributed by atoms with E-state index < -0.39 is 0 Å². The third kappa shape index (κ3) is 1.74. The van der Waals surface area contributed by atoms with E-state index in [0.29, 0.717) is 6.54 Å². The van der Waals surface area contributed by atoms with Crippen molar-refractivity contribution in [3.63, 3.8) is 0 Å². The van der Waals surface area contributed by atoms with Crippen LogP contribution >= 0.6 is 0 Å². The molecule has 1 aromatic rings. The summed E-state index contributed by atoms with van der Waals surface area (Å²) in [4.78, 5) is 8.34. The maximum absolute atomic E-state index is 5.50. The molecule has 0 radical (unpaired) electrons. The van der Waals surface area contributed by atoms with E-state index >= 15 is 0 Å². The van der Waals surface area contributed by atoms with Crippen LogP contribution in [0.2, 0.25) is 0 Å². The van der Waals surface area contributed by atoms with Gasteiger partial charge in [-0.05, 0) is 13.3 Å². The molecule has 0 saturated heterocycles. The number of hydrogen-bond acceptors (Lipinski definition) is 3. The largest absolute Gasteiger partial charge is 0.326 e. The van der Waals surface area contributed by atoms with Gasteiger partial charge in [0.2, 0.25) is 0 Å². The van der Waals surface area contributed by atoms with E-state index in [9.17, 15) is 0 Å². The summed E-state index contributed by atoms with van der Waals surface area (Å²) in [5.41, 5.74) is 7.62. The Labute approximate surface area is 66.7 Å². The van der Waals surface area contributed by atoms with Crippen molar-refractivity contribution in [2.75, 3.05) is 0 Å². The molecule has 0 amide bonds. The third-order valence-corrected chi connectivity index (χ3v) is 1.63. The third-order valence-electron chi connectivity index (χ3n) is 1.63. The van der Waals surface area contributed by atoms with E-state index in [1.807, 2.05) is 6.92 Å². The fourth-order valence-corrected chi connectivity index (χ4v) is 1.02. The van der Waals surface area contributed by atoms with Crippen molar-refractivity contribution in [3.05, 3.63) is 23.3 Å². The zero-order chi connectivity index (χ0) is 8.27. The molecule has 1 rings (SSSR count). The van der Waals surface area contributed by atoms with E-state index in [2.05, 4.69) is 16.9 Å². The predicted octanol–water partition coefficient (Wildman–Crippen LogP) is 0.806. The summed E-state index contributed by atoms with van der Waals surface area (Å²) < 4.78 is 0. The molecule has 0 spiro atoms. The summed E-state index contributed by atoms with van der Waals surface area (Å²) in [5.74, 6) is 0.819. The first-order valence-corrected chi connectivity index (χ1v) is 3.79. The normalized spacial score (nSPS) is 10.1. The van der Waals surface area contributed by atoms with Crippen molar-refractivity contribution in [1.82, 2.24) is 9.97 Å². The molecule has 0 bridgehead atoms. The molecule has 0 saturated carbocycles. The Morgan fingerprint density at radius 3 is 2.82 bits per heavy atom. The minimum atomic E-state index is 0.531. The van der Waals surface area contributed by atoms with Crippen LogP contribution in [0.3, 0.4) is 0 Å². The van der Waals surface area contributed by atoms with Crippen molar-refractivity contribution in [3.8, 4) is 0 Å². The Bertz CT molecular complexity index is 245. The van der Waals surface area contributed by atoms with Crippen LogP contribution in [-0.4, -0.2) is 9.97 Å². The molecule has 0 unspecified atom stereocenters. The molecule has 0 aliphatic rings. The number of aromatic nitrogens is 2. The van der Waals surface area contributed by atoms with E-state index in [1.54, 1.807) is 6.20 Å². The molecule has 1 aromatic heterocycles. The number of hydrogen-bond donors (Lipinski definition) is 1. The maximum Gasteiger partial charge on any atom is 0.125 e. The SMILES string of the molecule is CCc1nc(C)ncc1CN. The first kappa shape index (κ1) is 8.14. The van der Waals surface area contributed by atoms with Crippen LogP contribution in [0, 0.1) is 6.92 Å². The average Bonchev–Trinajstić information content (AvgIpc) is 2.04. The highest BCUT2D eigenvalue weighted by Crippen LogP contribution is 2.04. The summed E-state index contributed by atoms with van der Waals surface area (Å²) in [6.45, 7) is 4.49. The topological polar surface area (TPSA) is 51.8 Å². The lowest BCUT2D eigenvalue weighted by Gasteiger charge is -2.03. The molecule has 0 aliphatic carbocycles. The summed E-state index contributed by atoms with van der Waals surface area (Å²) in [6, 6.07) is 0. The minimum absolute atomic E-state index is 0.531. The van der Waals surface area contributed by atoms with E-state index in [-0.39, 0.29) is 0 Å². The number of nitrogens with zero attached hydrogens (tertiary/aromatic N) is 2. The van der Waals surface area contributed by atoms with Gasteiger partial charge in [-0.1, -0.05) is 6.92 Å². The smallest absolute Gasteiger partial charge is 0.125 e. The lowest BCUT2D eigenvalue weighted by molar-refractivity contribution is 0.884. The highest BCUT2D eigenvalue weighted by molar-refractivity contribution is 5.16. The van der Waals surface area contributed by atoms with Crippen molar-refractivity contribution < 1.29 is 0 Å². The van der Waals surface area contributed by atoms with Gasteiger partial charge in [0, 0.05) is 24.0 Å². The summed E-state index contributed by atoms with van der Waals surface area (Å²) in [5, 5.41) is 0. The van der Waals surface area contributed by atoms with Crippen LogP contribution in [0.4, 0.5) is 0 Å². The van der Waals surface area contributed by atoms with Gasteiger partial charge in [0.15, 0.2) is 0 Å². The molecule has 0 aromatic carbocycles. The highest BCUT2D eigenvalue weighted by atomic mass is 14.9. The quantitative estimate of drug-likeness (QED) is 0.680. The van der Waals surface area contributed by atoms with Crippen molar-refractivity contribution in [2.24, 2.45) is 5.73 Å². The van der Waals surface area contributed by atoms with Crippen LogP contribution in [0.15, 0.2) is 6.20 Å². The molecule has 3 nitrogen and oxygen atoms in total. The van der Waals surface area contributed by atoms with E-state index in [4.69, 9.17) is 5.73 Å². The molecule has 2 N–H and O–H groups in total. The van der Waals surface area contributed by atoms with Gasteiger partial charge in [-0.2, -0.15) is 0 Å². The van der Waals surface area contributed by atoms with E-state index in [0.717, 1.165) is 23.5 Å². The molecule has 60 valence electrons. The minimum Gasteiger partial charge on any atom is -0.326 e.